The van der Waals surface area contributed by atoms with Gasteiger partial charge >= 0.3 is 0 Å². The lowest BCUT2D eigenvalue weighted by molar-refractivity contribution is -0.127. The molecule has 0 aromatic carbocycles. The van der Waals surface area contributed by atoms with Crippen LogP contribution in [-0.2, 0) is 4.79 Å². The monoisotopic (exact) mass is 254 g/mol. The number of primary amides is 1. The predicted molar refractivity (Wildman–Crippen MR) is 72.3 cm³/mol. The van der Waals surface area contributed by atoms with E-state index in [0.717, 1.165) is 32.5 Å². The summed E-state index contributed by atoms with van der Waals surface area (Å²) in [5.41, 5.74) is 5.20. The summed E-state index contributed by atoms with van der Waals surface area (Å²) in [5.74, 6) is -0.173. The molecule has 0 bridgehead atoms. The number of rotatable bonds is 5. The van der Waals surface area contributed by atoms with Gasteiger partial charge in [-0.25, -0.2) is 0 Å². The van der Waals surface area contributed by atoms with E-state index in [4.69, 9.17) is 5.73 Å². The van der Waals surface area contributed by atoms with E-state index < -0.39 is 5.54 Å². The Labute approximate surface area is 110 Å². The van der Waals surface area contributed by atoms with Gasteiger partial charge in [-0.2, -0.15) is 0 Å². The Hall–Kier alpha value is -0.650. The Bertz CT molecular complexity index is 307. The zero-order chi connectivity index (χ0) is 13.2. The third-order valence-corrected chi connectivity index (χ3v) is 4.40. The van der Waals surface area contributed by atoms with Gasteiger partial charge in [0.25, 0.3) is 0 Å². The predicted octanol–water partition coefficient (Wildman–Crippen LogP) is -0.380. The van der Waals surface area contributed by atoms with Crippen molar-refractivity contribution in [3.05, 3.63) is 0 Å². The number of carbonyl (C=O) groups excluding carboxylic acids is 1. The Morgan fingerprint density at radius 3 is 2.94 bits per heavy atom. The number of nitrogens with one attached hydrogen (secondary N) is 1. The van der Waals surface area contributed by atoms with Gasteiger partial charge in [-0.05, 0) is 46.3 Å². The fraction of sp³-hybridized carbons (Fsp3) is 0.923. The number of amides is 1. The molecule has 2 rings (SSSR count). The largest absolute Gasteiger partial charge is 0.368 e. The van der Waals surface area contributed by atoms with Crippen LogP contribution in [0.4, 0.5) is 0 Å². The van der Waals surface area contributed by atoms with Crippen molar-refractivity contribution < 1.29 is 4.79 Å². The molecule has 0 aromatic heterocycles. The van der Waals surface area contributed by atoms with Crippen molar-refractivity contribution in [2.75, 3.05) is 40.3 Å². The molecule has 2 unspecified atom stereocenters. The SMILES string of the molecule is CN(C)CCNC1(C(N)=O)CCN2CCCC2C1. The molecule has 104 valence electrons. The van der Waals surface area contributed by atoms with Crippen molar-refractivity contribution in [2.45, 2.75) is 37.3 Å². The molecule has 5 nitrogen and oxygen atoms in total. The first-order valence-corrected chi connectivity index (χ1v) is 6.97. The summed E-state index contributed by atoms with van der Waals surface area (Å²) < 4.78 is 0. The third-order valence-electron chi connectivity index (χ3n) is 4.40. The zero-order valence-corrected chi connectivity index (χ0v) is 11.6. The molecule has 5 heteroatoms. The van der Waals surface area contributed by atoms with Gasteiger partial charge in [-0.15, -0.1) is 0 Å². The molecule has 1 amide bonds. The number of hydrogen-bond donors (Lipinski definition) is 2. The minimum atomic E-state index is -0.471. The van der Waals surface area contributed by atoms with Crippen LogP contribution < -0.4 is 11.1 Å². The van der Waals surface area contributed by atoms with Gasteiger partial charge in [0.2, 0.25) is 5.91 Å². The fourth-order valence-electron chi connectivity index (χ4n) is 3.25. The normalized spacial score (nSPS) is 32.7. The van der Waals surface area contributed by atoms with Gasteiger partial charge in [-0.1, -0.05) is 0 Å². The molecule has 3 N–H and O–H groups in total. The second kappa shape index (κ2) is 5.55. The first-order valence-electron chi connectivity index (χ1n) is 6.97. The molecular formula is C13H26N4O. The molecular weight excluding hydrogens is 228 g/mol. The summed E-state index contributed by atoms with van der Waals surface area (Å²) in [6.45, 7) is 3.95. The fourth-order valence-corrected chi connectivity index (χ4v) is 3.25. The molecule has 2 atom stereocenters. The molecule has 0 aliphatic carbocycles. The van der Waals surface area contributed by atoms with E-state index in [1.165, 1.54) is 19.4 Å². The molecule has 2 heterocycles. The average Bonchev–Trinajstić information content (AvgIpc) is 2.75. The van der Waals surface area contributed by atoms with Crippen molar-refractivity contribution >= 4 is 5.91 Å². The van der Waals surface area contributed by atoms with E-state index in [1.54, 1.807) is 0 Å². The van der Waals surface area contributed by atoms with Crippen LogP contribution in [0.1, 0.15) is 25.7 Å². The average molecular weight is 254 g/mol. The number of piperidine rings is 1. The van der Waals surface area contributed by atoms with Crippen LogP contribution in [0.25, 0.3) is 0 Å². The van der Waals surface area contributed by atoms with E-state index in [1.807, 2.05) is 14.1 Å². The van der Waals surface area contributed by atoms with Crippen LogP contribution in [0.15, 0.2) is 0 Å². The molecule has 2 saturated heterocycles. The number of fused-ring (bicyclic) bond motifs is 1. The van der Waals surface area contributed by atoms with Crippen molar-refractivity contribution in [1.29, 1.82) is 0 Å². The maximum atomic E-state index is 11.9. The summed E-state index contributed by atoms with van der Waals surface area (Å²) in [5, 5.41) is 3.44. The van der Waals surface area contributed by atoms with Crippen molar-refractivity contribution in [3.63, 3.8) is 0 Å². The zero-order valence-electron chi connectivity index (χ0n) is 11.6. The number of hydrogen-bond acceptors (Lipinski definition) is 4. The summed E-state index contributed by atoms with van der Waals surface area (Å²) >= 11 is 0. The highest BCUT2D eigenvalue weighted by Crippen LogP contribution is 2.32. The maximum absolute atomic E-state index is 11.9. The van der Waals surface area contributed by atoms with Crippen LogP contribution in [-0.4, -0.2) is 67.6 Å². The molecule has 0 aromatic rings. The van der Waals surface area contributed by atoms with E-state index >= 15 is 0 Å². The topological polar surface area (TPSA) is 61.6 Å². The van der Waals surface area contributed by atoms with E-state index in [0.29, 0.717) is 6.04 Å². The molecule has 0 spiro atoms. The lowest BCUT2D eigenvalue weighted by Gasteiger charge is -2.43. The van der Waals surface area contributed by atoms with Crippen LogP contribution in [0.3, 0.4) is 0 Å². The lowest BCUT2D eigenvalue weighted by atomic mass is 9.82. The molecule has 0 saturated carbocycles. The second-order valence-electron chi connectivity index (χ2n) is 5.96. The Morgan fingerprint density at radius 2 is 2.28 bits per heavy atom. The van der Waals surface area contributed by atoms with Crippen molar-refractivity contribution in [2.24, 2.45) is 5.73 Å². The molecule has 18 heavy (non-hydrogen) atoms. The van der Waals surface area contributed by atoms with E-state index in [2.05, 4.69) is 15.1 Å². The molecule has 2 fully saturated rings. The number of nitrogens with two attached hydrogens (primary N) is 1. The summed E-state index contributed by atoms with van der Waals surface area (Å²) in [7, 11) is 4.08. The van der Waals surface area contributed by atoms with Crippen LogP contribution in [0, 0.1) is 0 Å². The van der Waals surface area contributed by atoms with Crippen molar-refractivity contribution in [3.8, 4) is 0 Å². The van der Waals surface area contributed by atoms with Crippen LogP contribution in [0.5, 0.6) is 0 Å². The summed E-state index contributed by atoms with van der Waals surface area (Å²) in [6, 6.07) is 0.554. The Kier molecular flexibility index (Phi) is 4.25. The van der Waals surface area contributed by atoms with Crippen molar-refractivity contribution in [1.82, 2.24) is 15.1 Å². The summed E-state index contributed by atoms with van der Waals surface area (Å²) in [4.78, 5) is 16.5. The lowest BCUT2D eigenvalue weighted by Crippen LogP contribution is -2.63. The molecule has 0 radical (unpaired) electrons. The highest BCUT2D eigenvalue weighted by Gasteiger charge is 2.44. The molecule has 2 aliphatic rings. The van der Waals surface area contributed by atoms with Gasteiger partial charge in [0.05, 0.1) is 0 Å². The minimum absolute atomic E-state index is 0.173. The second-order valence-corrected chi connectivity index (χ2v) is 5.96. The number of nitrogens with zero attached hydrogens (tertiary/aromatic N) is 2. The maximum Gasteiger partial charge on any atom is 0.237 e. The molecule has 2 aliphatic heterocycles. The Morgan fingerprint density at radius 1 is 1.50 bits per heavy atom. The summed E-state index contributed by atoms with van der Waals surface area (Å²) in [6.07, 6.45) is 4.21. The van der Waals surface area contributed by atoms with Gasteiger partial charge in [0.1, 0.15) is 5.54 Å². The van der Waals surface area contributed by atoms with Gasteiger partial charge in [0, 0.05) is 25.7 Å². The Balaban J connectivity index is 1.96. The first kappa shape index (κ1) is 13.8. The minimum Gasteiger partial charge on any atom is -0.368 e. The van der Waals surface area contributed by atoms with Gasteiger partial charge < -0.3 is 20.9 Å². The smallest absolute Gasteiger partial charge is 0.237 e. The first-order chi connectivity index (χ1) is 8.53. The highest BCUT2D eigenvalue weighted by atomic mass is 16.1. The van der Waals surface area contributed by atoms with E-state index in [-0.39, 0.29) is 5.91 Å². The number of carbonyl (C=O) groups is 1. The highest BCUT2D eigenvalue weighted by molar-refractivity contribution is 5.85. The standard InChI is InChI=1S/C13H26N4O/c1-16(2)9-6-15-13(12(14)18)5-8-17-7-3-4-11(17)10-13/h11,15H,3-10H2,1-2H3,(H2,14,18). The van der Waals surface area contributed by atoms with Gasteiger partial charge in [0.15, 0.2) is 0 Å². The van der Waals surface area contributed by atoms with Gasteiger partial charge in [-0.3, -0.25) is 4.79 Å². The number of likely N-dealkylation sites (N-methyl/N-ethyl adjacent to an activating group) is 1. The quantitative estimate of drug-likeness (QED) is 0.702. The van der Waals surface area contributed by atoms with Crippen LogP contribution >= 0.6 is 0 Å². The van der Waals surface area contributed by atoms with E-state index in [9.17, 15) is 4.79 Å². The third kappa shape index (κ3) is 2.84. The van der Waals surface area contributed by atoms with Crippen LogP contribution in [0.2, 0.25) is 0 Å².